The molecule has 5 nitrogen and oxygen atoms in total. The molecule has 0 radical (unpaired) electrons. The quantitative estimate of drug-likeness (QED) is 0.758. The zero-order valence-corrected chi connectivity index (χ0v) is 12.1. The Morgan fingerprint density at radius 3 is 2.68 bits per heavy atom. The number of aromatic nitrogens is 1. The van der Waals surface area contributed by atoms with E-state index in [1.807, 2.05) is 12.1 Å². The molecule has 0 atom stereocenters. The van der Waals surface area contributed by atoms with Gasteiger partial charge in [0, 0.05) is 28.2 Å². The van der Waals surface area contributed by atoms with Crippen LogP contribution in [-0.2, 0) is 29.6 Å². The third kappa shape index (κ3) is 3.44. The van der Waals surface area contributed by atoms with Crippen LogP contribution >= 0.6 is 11.3 Å². The van der Waals surface area contributed by atoms with Gasteiger partial charge in [0.1, 0.15) is 0 Å². The van der Waals surface area contributed by atoms with E-state index < -0.39 is 10.0 Å². The van der Waals surface area contributed by atoms with Crippen molar-refractivity contribution in [3.8, 4) is 0 Å². The minimum atomic E-state index is -3.53. The molecule has 7 heteroatoms. The average molecular weight is 300 g/mol. The number of aryl methyl sites for hydroxylation is 1. The van der Waals surface area contributed by atoms with Crippen LogP contribution in [0.4, 0.5) is 0 Å². The Kier molecular flexibility index (Phi) is 4.41. The SMILES string of the molecule is CCc1ccc(CNS(=O)(=O)c2c[nH]c(CO)c2)s1. The van der Waals surface area contributed by atoms with E-state index in [0.717, 1.165) is 11.3 Å². The lowest BCUT2D eigenvalue weighted by Crippen LogP contribution is -2.22. The lowest BCUT2D eigenvalue weighted by molar-refractivity contribution is 0.277. The van der Waals surface area contributed by atoms with Gasteiger partial charge in [0.05, 0.1) is 11.5 Å². The fourth-order valence-corrected chi connectivity index (χ4v) is 3.63. The van der Waals surface area contributed by atoms with E-state index in [-0.39, 0.29) is 18.0 Å². The summed E-state index contributed by atoms with van der Waals surface area (Å²) in [4.78, 5) is 5.07. The Bertz CT molecular complexity index is 643. The summed E-state index contributed by atoms with van der Waals surface area (Å²) in [5.41, 5.74) is 0.477. The normalized spacial score (nSPS) is 11.9. The van der Waals surface area contributed by atoms with Crippen LogP contribution in [-0.4, -0.2) is 18.5 Å². The maximum atomic E-state index is 12.0. The molecule has 0 fully saturated rings. The van der Waals surface area contributed by atoms with Crippen molar-refractivity contribution in [2.24, 2.45) is 0 Å². The first-order valence-electron chi connectivity index (χ1n) is 5.90. The molecule has 2 rings (SSSR count). The summed E-state index contributed by atoms with van der Waals surface area (Å²) in [6.45, 7) is 2.14. The third-order valence-corrected chi connectivity index (χ3v) is 5.31. The lowest BCUT2D eigenvalue weighted by atomic mass is 10.4. The van der Waals surface area contributed by atoms with E-state index in [0.29, 0.717) is 5.69 Å². The number of H-pyrrole nitrogens is 1. The second kappa shape index (κ2) is 5.87. The standard InChI is InChI=1S/C12H16N2O3S2/c1-2-10-3-4-11(18-10)6-14-19(16,17)12-5-9(8-15)13-7-12/h3-5,7,13-15H,2,6,8H2,1H3. The van der Waals surface area contributed by atoms with Crippen molar-refractivity contribution >= 4 is 21.4 Å². The van der Waals surface area contributed by atoms with Gasteiger partial charge in [-0.3, -0.25) is 0 Å². The number of rotatable bonds is 6. The zero-order valence-electron chi connectivity index (χ0n) is 10.5. The van der Waals surface area contributed by atoms with E-state index in [1.54, 1.807) is 11.3 Å². The summed E-state index contributed by atoms with van der Waals surface area (Å²) in [5.74, 6) is 0. The summed E-state index contributed by atoms with van der Waals surface area (Å²) in [6.07, 6.45) is 2.33. The van der Waals surface area contributed by atoms with Gasteiger partial charge >= 0.3 is 0 Å². The van der Waals surface area contributed by atoms with Gasteiger partial charge in [-0.1, -0.05) is 6.92 Å². The van der Waals surface area contributed by atoms with Gasteiger partial charge in [-0.25, -0.2) is 13.1 Å². The second-order valence-electron chi connectivity index (χ2n) is 4.06. The molecule has 104 valence electrons. The molecule has 0 saturated carbocycles. The number of nitrogens with one attached hydrogen (secondary N) is 2. The maximum Gasteiger partial charge on any atom is 0.242 e. The number of hydrogen-bond donors (Lipinski definition) is 3. The van der Waals surface area contributed by atoms with Gasteiger partial charge in [0.2, 0.25) is 10.0 Å². The van der Waals surface area contributed by atoms with E-state index in [4.69, 9.17) is 5.11 Å². The summed E-state index contributed by atoms with van der Waals surface area (Å²) in [5, 5.41) is 8.91. The third-order valence-electron chi connectivity index (χ3n) is 2.70. The fraction of sp³-hybridized carbons (Fsp3) is 0.333. The first kappa shape index (κ1) is 14.3. The smallest absolute Gasteiger partial charge is 0.242 e. The largest absolute Gasteiger partial charge is 0.390 e. The Balaban J connectivity index is 2.05. The molecule has 0 unspecified atom stereocenters. The highest BCUT2D eigenvalue weighted by molar-refractivity contribution is 7.89. The molecule has 0 aromatic carbocycles. The Morgan fingerprint density at radius 2 is 2.11 bits per heavy atom. The van der Waals surface area contributed by atoms with Gasteiger partial charge in [0.15, 0.2) is 0 Å². The molecule has 19 heavy (non-hydrogen) atoms. The number of hydrogen-bond acceptors (Lipinski definition) is 4. The Labute approximate surface area is 116 Å². The van der Waals surface area contributed by atoms with Gasteiger partial charge in [0.25, 0.3) is 0 Å². The first-order chi connectivity index (χ1) is 9.05. The Hall–Kier alpha value is -1.15. The average Bonchev–Trinajstić information content (AvgIpc) is 3.05. The molecular formula is C12H16N2O3S2. The van der Waals surface area contributed by atoms with Crippen molar-refractivity contribution in [1.82, 2.24) is 9.71 Å². The molecule has 0 amide bonds. The van der Waals surface area contributed by atoms with Crippen LogP contribution in [0.1, 0.15) is 22.4 Å². The molecule has 0 aliphatic heterocycles. The number of aliphatic hydroxyl groups excluding tert-OH is 1. The maximum absolute atomic E-state index is 12.0. The van der Waals surface area contributed by atoms with E-state index in [1.165, 1.54) is 17.1 Å². The summed E-state index contributed by atoms with van der Waals surface area (Å²) >= 11 is 1.60. The van der Waals surface area contributed by atoms with E-state index in [2.05, 4.69) is 16.6 Å². The van der Waals surface area contributed by atoms with Gasteiger partial charge in [-0.15, -0.1) is 11.3 Å². The fourth-order valence-electron chi connectivity index (χ4n) is 1.62. The van der Waals surface area contributed by atoms with Crippen LogP contribution in [0.2, 0.25) is 0 Å². The number of sulfonamides is 1. The molecule has 0 aliphatic carbocycles. The van der Waals surface area contributed by atoms with Crippen LogP contribution in [0, 0.1) is 0 Å². The van der Waals surface area contributed by atoms with E-state index in [9.17, 15) is 8.42 Å². The number of aliphatic hydroxyl groups is 1. The predicted molar refractivity (Wildman–Crippen MR) is 74.4 cm³/mol. The van der Waals surface area contributed by atoms with Crippen molar-refractivity contribution in [1.29, 1.82) is 0 Å². The van der Waals surface area contributed by atoms with Crippen LogP contribution in [0.25, 0.3) is 0 Å². The van der Waals surface area contributed by atoms with E-state index >= 15 is 0 Å². The van der Waals surface area contributed by atoms with Crippen LogP contribution in [0.5, 0.6) is 0 Å². The highest BCUT2D eigenvalue weighted by Crippen LogP contribution is 2.18. The molecule has 2 aromatic heterocycles. The van der Waals surface area contributed by atoms with Crippen molar-refractivity contribution in [3.63, 3.8) is 0 Å². The van der Waals surface area contributed by atoms with Crippen molar-refractivity contribution in [3.05, 3.63) is 39.8 Å². The molecule has 0 spiro atoms. The number of aromatic amines is 1. The second-order valence-corrected chi connectivity index (χ2v) is 7.08. The molecular weight excluding hydrogens is 284 g/mol. The number of thiophene rings is 1. The molecule has 2 heterocycles. The monoisotopic (exact) mass is 300 g/mol. The molecule has 2 aromatic rings. The lowest BCUT2D eigenvalue weighted by Gasteiger charge is -2.02. The van der Waals surface area contributed by atoms with Gasteiger partial charge < -0.3 is 10.1 Å². The summed E-state index contributed by atoms with van der Waals surface area (Å²) in [7, 11) is -3.53. The predicted octanol–water partition coefficient (Wildman–Crippen LogP) is 1.61. The zero-order chi connectivity index (χ0) is 13.9. The summed E-state index contributed by atoms with van der Waals surface area (Å²) in [6, 6.07) is 5.37. The van der Waals surface area contributed by atoms with Crippen molar-refractivity contribution in [2.45, 2.75) is 31.4 Å². The molecule has 0 aliphatic rings. The minimum Gasteiger partial charge on any atom is -0.390 e. The topological polar surface area (TPSA) is 82.2 Å². The molecule has 3 N–H and O–H groups in total. The van der Waals surface area contributed by atoms with Crippen LogP contribution in [0.15, 0.2) is 29.3 Å². The van der Waals surface area contributed by atoms with Crippen molar-refractivity contribution < 1.29 is 13.5 Å². The van der Waals surface area contributed by atoms with Gasteiger partial charge in [-0.05, 0) is 24.6 Å². The van der Waals surface area contributed by atoms with Crippen molar-refractivity contribution in [2.75, 3.05) is 0 Å². The summed E-state index contributed by atoms with van der Waals surface area (Å²) < 4.78 is 26.6. The first-order valence-corrected chi connectivity index (χ1v) is 8.20. The Morgan fingerprint density at radius 1 is 1.37 bits per heavy atom. The van der Waals surface area contributed by atoms with Crippen LogP contribution < -0.4 is 4.72 Å². The highest BCUT2D eigenvalue weighted by atomic mass is 32.2. The molecule has 0 bridgehead atoms. The minimum absolute atomic E-state index is 0.142. The van der Waals surface area contributed by atoms with Gasteiger partial charge in [-0.2, -0.15) is 0 Å². The van der Waals surface area contributed by atoms with Crippen LogP contribution in [0.3, 0.4) is 0 Å². The highest BCUT2D eigenvalue weighted by Gasteiger charge is 2.15. The molecule has 0 saturated heterocycles.